The number of nitrogens with zero attached hydrogens (tertiary/aromatic N) is 5. The van der Waals surface area contributed by atoms with Gasteiger partial charge in [-0.25, -0.2) is 8.78 Å². The summed E-state index contributed by atoms with van der Waals surface area (Å²) < 4.78 is 66.1. The largest absolute Gasteiger partial charge is 0.486 e. The van der Waals surface area contributed by atoms with Crippen molar-refractivity contribution in [2.45, 2.75) is 10.1 Å². The van der Waals surface area contributed by atoms with E-state index in [-0.39, 0.29) is 5.16 Å². The molecule has 26 heavy (non-hydrogen) atoms. The van der Waals surface area contributed by atoms with Crippen LogP contribution >= 0.6 is 11.8 Å². The average Bonchev–Trinajstić information content (AvgIpc) is 3.11. The van der Waals surface area contributed by atoms with Gasteiger partial charge in [0.1, 0.15) is 13.2 Å². The molecule has 1 aliphatic heterocycles. The summed E-state index contributed by atoms with van der Waals surface area (Å²) in [6.07, 6.45) is 0. The molecule has 0 spiro atoms. The molecular weight excluding hydrogens is 378 g/mol. The topological polar surface area (TPSA) is 75.0 Å². The number of hydrogen-bond acceptors (Lipinski definition) is 7. The molecule has 134 valence electrons. The Morgan fingerprint density at radius 1 is 0.962 bits per heavy atom. The van der Waals surface area contributed by atoms with Crippen molar-refractivity contribution < 1.29 is 27.0 Å². The number of tetrazole rings is 1. The molecule has 0 amide bonds. The summed E-state index contributed by atoms with van der Waals surface area (Å²) in [6.45, 7) is 0.774. The minimum atomic E-state index is -1.76. The minimum Gasteiger partial charge on any atom is -0.486 e. The fraction of sp³-hybridized carbons (Fsp3) is 0.143. The van der Waals surface area contributed by atoms with Crippen LogP contribution in [0.25, 0.3) is 5.69 Å². The van der Waals surface area contributed by atoms with E-state index >= 15 is 0 Å². The quantitative estimate of drug-likeness (QED) is 0.507. The molecule has 1 aliphatic rings. The molecule has 0 saturated heterocycles. The van der Waals surface area contributed by atoms with Crippen LogP contribution in [0, 0.1) is 23.5 Å². The summed E-state index contributed by atoms with van der Waals surface area (Å²) in [5, 5.41) is 10.7. The molecule has 0 fully saturated rings. The number of halogens is 4. The van der Waals surface area contributed by atoms with Gasteiger partial charge in [-0.05, 0) is 34.3 Å². The first-order valence-corrected chi connectivity index (χ1v) is 7.92. The second-order valence-electron chi connectivity index (χ2n) is 4.95. The number of ether oxygens (including phenoxy) is 2. The van der Waals surface area contributed by atoms with E-state index in [9.17, 15) is 17.6 Å². The lowest BCUT2D eigenvalue weighted by molar-refractivity contribution is 0.171. The number of hydrogen-bond donors (Lipinski definition) is 0. The average molecular weight is 385 g/mol. The fourth-order valence-corrected chi connectivity index (χ4v) is 3.05. The molecule has 0 bridgehead atoms. The molecule has 0 aliphatic carbocycles. The molecule has 3 heterocycles. The maximum atomic E-state index is 13.8. The number of pyridine rings is 1. The van der Waals surface area contributed by atoms with Gasteiger partial charge in [0.05, 0.1) is 10.6 Å². The van der Waals surface area contributed by atoms with Crippen molar-refractivity contribution in [3.63, 3.8) is 0 Å². The third-order valence-corrected chi connectivity index (χ3v) is 4.36. The van der Waals surface area contributed by atoms with Crippen LogP contribution in [-0.2, 0) is 0 Å². The normalized spacial score (nSPS) is 13.1. The summed E-state index contributed by atoms with van der Waals surface area (Å²) in [6, 6.07) is 4.77. The third kappa shape index (κ3) is 2.81. The summed E-state index contributed by atoms with van der Waals surface area (Å²) in [5.41, 5.74) is 0.401. The number of fused-ring (bicyclic) bond motifs is 1. The Balaban J connectivity index is 1.73. The van der Waals surface area contributed by atoms with Crippen molar-refractivity contribution in [3.8, 4) is 17.2 Å². The van der Waals surface area contributed by atoms with E-state index in [0.29, 0.717) is 42.2 Å². The predicted molar refractivity (Wildman–Crippen MR) is 78.3 cm³/mol. The van der Waals surface area contributed by atoms with Gasteiger partial charge in [0.15, 0.2) is 23.1 Å². The molecule has 4 rings (SSSR count). The van der Waals surface area contributed by atoms with Crippen LogP contribution in [-0.4, -0.2) is 38.4 Å². The van der Waals surface area contributed by atoms with Crippen molar-refractivity contribution >= 4 is 11.8 Å². The van der Waals surface area contributed by atoms with Crippen LogP contribution in [0.5, 0.6) is 11.5 Å². The standard InChI is InChI=1S/C14H7F4N5O2S/c15-9-11(10(16)13(18)19-12(9)17)26-14-20-21-22-23(14)6-1-2-7-8(5-6)25-4-3-24-7/h1-2,5H,3-4H2. The van der Waals surface area contributed by atoms with E-state index < -0.39 is 28.4 Å². The Bertz CT molecular complexity index is 973. The Kier molecular flexibility index (Phi) is 4.11. The van der Waals surface area contributed by atoms with Crippen LogP contribution in [0.2, 0.25) is 0 Å². The number of aromatic nitrogens is 5. The highest BCUT2D eigenvalue weighted by molar-refractivity contribution is 7.99. The van der Waals surface area contributed by atoms with Gasteiger partial charge in [0.2, 0.25) is 5.16 Å². The van der Waals surface area contributed by atoms with Crippen molar-refractivity contribution in [3.05, 3.63) is 41.7 Å². The predicted octanol–water partition coefficient (Wildman–Crippen LogP) is 2.54. The van der Waals surface area contributed by atoms with Gasteiger partial charge in [-0.2, -0.15) is 18.4 Å². The zero-order valence-corrected chi connectivity index (χ0v) is 13.4. The van der Waals surface area contributed by atoms with Crippen molar-refractivity contribution in [2.75, 3.05) is 13.2 Å². The Hall–Kier alpha value is -2.89. The van der Waals surface area contributed by atoms with E-state index in [1.54, 1.807) is 18.2 Å². The van der Waals surface area contributed by atoms with Crippen LogP contribution < -0.4 is 9.47 Å². The highest BCUT2D eigenvalue weighted by Crippen LogP contribution is 2.35. The summed E-state index contributed by atoms with van der Waals surface area (Å²) in [7, 11) is 0. The first-order chi connectivity index (χ1) is 12.5. The molecule has 0 radical (unpaired) electrons. The van der Waals surface area contributed by atoms with E-state index in [2.05, 4.69) is 20.5 Å². The minimum absolute atomic E-state index is 0.121. The van der Waals surface area contributed by atoms with Crippen molar-refractivity contribution in [2.24, 2.45) is 0 Å². The lowest BCUT2D eigenvalue weighted by Gasteiger charge is -2.18. The van der Waals surface area contributed by atoms with Gasteiger partial charge in [-0.1, -0.05) is 0 Å². The molecule has 0 unspecified atom stereocenters. The molecule has 0 atom stereocenters. The Morgan fingerprint density at radius 2 is 1.65 bits per heavy atom. The summed E-state index contributed by atoms with van der Waals surface area (Å²) in [5.74, 6) is -5.82. The maximum absolute atomic E-state index is 13.8. The second kappa shape index (κ2) is 6.44. The number of rotatable bonds is 3. The molecular formula is C14H7F4N5O2S. The molecule has 0 saturated carbocycles. The monoisotopic (exact) mass is 385 g/mol. The van der Waals surface area contributed by atoms with Gasteiger partial charge in [0, 0.05) is 6.07 Å². The van der Waals surface area contributed by atoms with E-state index in [1.807, 2.05) is 0 Å². The Labute approximate surface area is 146 Å². The van der Waals surface area contributed by atoms with Crippen LogP contribution in [0.15, 0.2) is 28.3 Å². The fourth-order valence-electron chi connectivity index (χ4n) is 2.22. The first-order valence-electron chi connectivity index (χ1n) is 7.11. The zero-order chi connectivity index (χ0) is 18.3. The van der Waals surface area contributed by atoms with E-state index in [4.69, 9.17) is 9.47 Å². The van der Waals surface area contributed by atoms with Gasteiger partial charge < -0.3 is 9.47 Å². The summed E-state index contributed by atoms with van der Waals surface area (Å²) in [4.78, 5) is 1.56. The van der Waals surface area contributed by atoms with E-state index in [0.717, 1.165) is 4.68 Å². The number of benzene rings is 1. The zero-order valence-electron chi connectivity index (χ0n) is 12.6. The molecule has 3 aromatic rings. The third-order valence-electron chi connectivity index (χ3n) is 3.36. The van der Waals surface area contributed by atoms with Gasteiger partial charge in [0.25, 0.3) is 11.9 Å². The van der Waals surface area contributed by atoms with Gasteiger partial charge >= 0.3 is 0 Å². The van der Waals surface area contributed by atoms with Gasteiger partial charge in [-0.3, -0.25) is 0 Å². The van der Waals surface area contributed by atoms with Crippen LogP contribution in [0.3, 0.4) is 0 Å². The van der Waals surface area contributed by atoms with Gasteiger partial charge in [-0.15, -0.1) is 5.10 Å². The second-order valence-corrected chi connectivity index (χ2v) is 5.93. The molecule has 12 heteroatoms. The smallest absolute Gasteiger partial charge is 0.252 e. The Morgan fingerprint density at radius 3 is 2.38 bits per heavy atom. The lowest BCUT2D eigenvalue weighted by atomic mass is 10.2. The molecule has 7 nitrogen and oxygen atoms in total. The highest BCUT2D eigenvalue weighted by atomic mass is 32.2. The lowest BCUT2D eigenvalue weighted by Crippen LogP contribution is -2.15. The van der Waals surface area contributed by atoms with Crippen LogP contribution in [0.1, 0.15) is 0 Å². The summed E-state index contributed by atoms with van der Waals surface area (Å²) >= 11 is 0.319. The first kappa shape index (κ1) is 16.6. The van der Waals surface area contributed by atoms with Crippen LogP contribution in [0.4, 0.5) is 17.6 Å². The maximum Gasteiger partial charge on any atom is 0.252 e. The molecule has 2 aromatic heterocycles. The molecule has 1 aromatic carbocycles. The SMILES string of the molecule is Fc1nc(F)c(F)c(Sc2nnnn2-c2ccc3c(c2)OCCO3)c1F. The molecule has 0 N–H and O–H groups in total. The van der Waals surface area contributed by atoms with Crippen molar-refractivity contribution in [1.29, 1.82) is 0 Å². The van der Waals surface area contributed by atoms with Crippen molar-refractivity contribution in [1.82, 2.24) is 25.2 Å². The van der Waals surface area contributed by atoms with E-state index in [1.165, 1.54) is 0 Å². The highest BCUT2D eigenvalue weighted by Gasteiger charge is 2.24.